The molecule has 1 aliphatic heterocycles. The first-order valence-electron chi connectivity index (χ1n) is 9.64. The molecular weight excluding hydrogens is 421 g/mol. The summed E-state index contributed by atoms with van der Waals surface area (Å²) in [6, 6.07) is 23.5. The second-order valence-corrected chi connectivity index (χ2v) is 8.89. The molecule has 0 aromatic heterocycles. The van der Waals surface area contributed by atoms with Gasteiger partial charge in [-0.2, -0.15) is 13.2 Å². The van der Waals surface area contributed by atoms with E-state index >= 15 is 0 Å². The van der Waals surface area contributed by atoms with Crippen molar-refractivity contribution in [1.29, 1.82) is 0 Å². The highest BCUT2D eigenvalue weighted by Crippen LogP contribution is 2.40. The van der Waals surface area contributed by atoms with E-state index in [-0.39, 0.29) is 22.1 Å². The van der Waals surface area contributed by atoms with Gasteiger partial charge in [0, 0.05) is 16.8 Å². The van der Waals surface area contributed by atoms with Crippen LogP contribution in [0.5, 0.6) is 5.75 Å². The lowest BCUT2D eigenvalue weighted by molar-refractivity contribution is -0.138. The summed E-state index contributed by atoms with van der Waals surface area (Å²) >= 11 is 0. The average molecular weight is 443 g/mol. The van der Waals surface area contributed by atoms with E-state index in [1.807, 2.05) is 66.0 Å². The monoisotopic (exact) mass is 442 g/mol. The fourth-order valence-electron chi connectivity index (χ4n) is 3.24. The van der Waals surface area contributed by atoms with Crippen molar-refractivity contribution in [2.24, 2.45) is 0 Å². The van der Waals surface area contributed by atoms with Gasteiger partial charge in [0.2, 0.25) is 0 Å². The van der Waals surface area contributed by atoms with Gasteiger partial charge in [0.05, 0.1) is 12.7 Å². The van der Waals surface area contributed by atoms with Crippen LogP contribution in [0.4, 0.5) is 18.9 Å². The van der Waals surface area contributed by atoms with Crippen LogP contribution in [0.25, 0.3) is 0 Å². The van der Waals surface area contributed by atoms with Gasteiger partial charge in [0.1, 0.15) is 11.3 Å². The predicted octanol–water partition coefficient (Wildman–Crippen LogP) is 6.21. The Hall–Kier alpha value is -3.19. The Morgan fingerprint density at radius 1 is 0.871 bits per heavy atom. The molecule has 0 aliphatic carbocycles. The maximum absolute atomic E-state index is 13.5. The molecule has 1 unspecified atom stereocenters. The summed E-state index contributed by atoms with van der Waals surface area (Å²) in [5, 5.41) is 1.90. The van der Waals surface area contributed by atoms with Crippen molar-refractivity contribution < 1.29 is 17.9 Å². The quantitative estimate of drug-likeness (QED) is 0.364. The molecule has 1 heterocycles. The molecule has 7 heteroatoms. The number of hydrogen-bond donors (Lipinski definition) is 1. The molecule has 0 saturated heterocycles. The maximum atomic E-state index is 13.5. The van der Waals surface area contributed by atoms with E-state index in [4.69, 9.17) is 10.5 Å². The molecular formula is C24H21F3N2OS. The first-order valence-corrected chi connectivity index (χ1v) is 11.1. The number of anilines is 1. The Kier molecular flexibility index (Phi) is 6.04. The zero-order chi connectivity index (χ0) is 21.8. The number of ether oxygens (including phenoxy) is 1. The first-order chi connectivity index (χ1) is 14.9. The Balaban J connectivity index is 1.63. The molecule has 4 rings (SSSR count). The highest BCUT2D eigenvalue weighted by Gasteiger charge is 2.35. The number of hydrogen-bond acceptors (Lipinski definition) is 3. The van der Waals surface area contributed by atoms with Crippen molar-refractivity contribution >= 4 is 21.7 Å². The Labute approximate surface area is 181 Å². The molecule has 3 aromatic rings. The van der Waals surface area contributed by atoms with E-state index in [1.165, 1.54) is 12.1 Å². The molecule has 31 heavy (non-hydrogen) atoms. The minimum atomic E-state index is -4.56. The normalized spacial score (nSPS) is 16.0. The summed E-state index contributed by atoms with van der Waals surface area (Å²) in [4.78, 5) is 0. The highest BCUT2D eigenvalue weighted by atomic mass is 32.2. The predicted molar refractivity (Wildman–Crippen MR) is 120 cm³/mol. The molecule has 0 radical (unpaired) electrons. The van der Waals surface area contributed by atoms with Gasteiger partial charge in [-0.15, -0.1) is 0 Å². The van der Waals surface area contributed by atoms with Crippen molar-refractivity contribution in [3.63, 3.8) is 0 Å². The molecule has 1 atom stereocenters. The third kappa shape index (κ3) is 5.30. The first kappa shape index (κ1) is 21.1. The van der Waals surface area contributed by atoms with Crippen molar-refractivity contribution in [3.8, 4) is 5.75 Å². The molecule has 0 fully saturated rings. The van der Waals surface area contributed by atoms with E-state index < -0.39 is 11.7 Å². The van der Waals surface area contributed by atoms with Crippen molar-refractivity contribution in [2.45, 2.75) is 18.5 Å². The Morgan fingerprint density at radius 2 is 1.52 bits per heavy atom. The molecule has 2 N–H and O–H groups in total. The number of allylic oxidation sites excluding steroid dienone is 1. The largest absolute Gasteiger partial charge is 0.455 e. The number of nitrogens with two attached hydrogens (primary N) is 1. The van der Waals surface area contributed by atoms with Crippen molar-refractivity contribution in [2.75, 3.05) is 5.73 Å². The summed E-state index contributed by atoms with van der Waals surface area (Å²) < 4.78 is 48.2. The van der Waals surface area contributed by atoms with Crippen LogP contribution in [0.1, 0.15) is 16.7 Å². The van der Waals surface area contributed by atoms with Crippen LogP contribution >= 0.6 is 10.7 Å². The maximum Gasteiger partial charge on any atom is 0.420 e. The molecule has 0 saturated carbocycles. The summed E-state index contributed by atoms with van der Waals surface area (Å²) in [5.41, 5.74) is 6.99. The van der Waals surface area contributed by atoms with Crippen LogP contribution in [0.15, 0.2) is 90.8 Å². The second kappa shape index (κ2) is 8.89. The minimum absolute atomic E-state index is 0.0404. The van der Waals surface area contributed by atoms with Gasteiger partial charge in [0.25, 0.3) is 0 Å². The lowest BCUT2D eigenvalue weighted by Gasteiger charge is -2.21. The molecule has 3 aromatic carbocycles. The van der Waals surface area contributed by atoms with Gasteiger partial charge in [-0.3, -0.25) is 0 Å². The summed E-state index contributed by atoms with van der Waals surface area (Å²) in [5.74, 6) is 0.879. The number of halogens is 3. The molecule has 1 aliphatic rings. The van der Waals surface area contributed by atoms with Crippen molar-refractivity contribution in [3.05, 3.63) is 108 Å². The molecule has 0 bridgehead atoms. The average Bonchev–Trinajstić information content (AvgIpc) is 3.10. The third-order valence-electron chi connectivity index (χ3n) is 4.70. The lowest BCUT2D eigenvalue weighted by atomic mass is 10.1. The van der Waals surface area contributed by atoms with Crippen molar-refractivity contribution in [1.82, 2.24) is 4.31 Å². The standard InChI is InChI=1S/C24H21F3N2OS/c25-24(26,27)22-13-20(28)11-12-23(22)30-21-15-29(14-18-7-3-1-4-8-18)31(17-21)16-19-9-5-2-6-10-19/h1-13,15,17H,14,16,28H2. The lowest BCUT2D eigenvalue weighted by Crippen LogP contribution is -2.10. The minimum Gasteiger partial charge on any atom is -0.455 e. The van der Waals surface area contributed by atoms with Crippen LogP contribution < -0.4 is 10.5 Å². The smallest absolute Gasteiger partial charge is 0.420 e. The number of rotatable bonds is 6. The molecule has 0 spiro atoms. The topological polar surface area (TPSA) is 38.5 Å². The van der Waals surface area contributed by atoms with Crippen LogP contribution in [-0.2, 0) is 18.5 Å². The zero-order valence-electron chi connectivity index (χ0n) is 16.5. The van der Waals surface area contributed by atoms with Gasteiger partial charge in [-0.25, -0.2) is 0 Å². The molecule has 3 nitrogen and oxygen atoms in total. The van der Waals surface area contributed by atoms with E-state index in [2.05, 4.69) is 4.31 Å². The number of nitrogen functional groups attached to an aromatic ring is 1. The Bertz CT molecular complexity index is 1110. The summed E-state index contributed by atoms with van der Waals surface area (Å²) in [7, 11) is -0.368. The zero-order valence-corrected chi connectivity index (χ0v) is 17.4. The Morgan fingerprint density at radius 3 is 2.16 bits per heavy atom. The fraction of sp³-hybridized carbons (Fsp3) is 0.125. The van der Waals surface area contributed by atoms with E-state index in [0.29, 0.717) is 12.3 Å². The summed E-state index contributed by atoms with van der Waals surface area (Å²) in [6.07, 6.45) is -2.77. The van der Waals surface area contributed by atoms with Gasteiger partial charge in [0.15, 0.2) is 5.76 Å². The molecule has 160 valence electrons. The SMILES string of the molecule is Nc1ccc(OC2=CN(Cc3ccccc3)S(Cc3ccccc3)=C2)c(C(F)(F)F)c1. The highest BCUT2D eigenvalue weighted by molar-refractivity contribution is 8.12. The van der Waals surface area contributed by atoms with Crippen LogP contribution in [0, 0.1) is 0 Å². The van der Waals surface area contributed by atoms with Crippen LogP contribution in [0.3, 0.4) is 0 Å². The number of alkyl halides is 3. The van der Waals surface area contributed by atoms with E-state index in [9.17, 15) is 13.2 Å². The van der Waals surface area contributed by atoms with Crippen LogP contribution in [0.2, 0.25) is 0 Å². The van der Waals surface area contributed by atoms with Gasteiger partial charge in [-0.05, 0) is 29.3 Å². The van der Waals surface area contributed by atoms with E-state index in [1.54, 1.807) is 6.20 Å². The number of nitrogens with zero attached hydrogens (tertiary/aromatic N) is 1. The van der Waals surface area contributed by atoms with Gasteiger partial charge >= 0.3 is 6.18 Å². The second-order valence-electron chi connectivity index (χ2n) is 7.10. The summed E-state index contributed by atoms with van der Waals surface area (Å²) in [6.45, 7) is 0.633. The number of benzene rings is 3. The van der Waals surface area contributed by atoms with Gasteiger partial charge in [-0.1, -0.05) is 71.3 Å². The van der Waals surface area contributed by atoms with E-state index in [0.717, 1.165) is 22.9 Å². The molecule has 0 amide bonds. The van der Waals surface area contributed by atoms with Crippen LogP contribution in [-0.4, -0.2) is 9.67 Å². The fourth-order valence-corrected chi connectivity index (χ4v) is 5.09. The third-order valence-corrected chi connectivity index (χ3v) is 6.67. The van der Waals surface area contributed by atoms with Gasteiger partial charge < -0.3 is 14.8 Å².